The predicted molar refractivity (Wildman–Crippen MR) is 55.2 cm³/mol. The number of hydrogen-bond acceptors (Lipinski definition) is 4. The summed E-state index contributed by atoms with van der Waals surface area (Å²) >= 11 is 5.64. The molecule has 0 saturated carbocycles. The number of thiophene rings is 1. The van der Waals surface area contributed by atoms with E-state index in [0.29, 0.717) is 10.6 Å². The fourth-order valence-corrected chi connectivity index (χ4v) is 2.12. The topological polar surface area (TPSA) is 46.2 Å². The zero-order valence-corrected chi connectivity index (χ0v) is 7.82. The molecule has 0 amide bonds. The first kappa shape index (κ1) is 7.76. The van der Waals surface area contributed by atoms with E-state index in [9.17, 15) is 5.11 Å². The molecule has 0 aliphatic rings. The van der Waals surface area contributed by atoms with Gasteiger partial charge in [0.25, 0.3) is 0 Å². The molecule has 0 aliphatic carbocycles. The fraction of sp³-hybridized carbons (Fsp3) is 0. The Kier molecular flexibility index (Phi) is 1.66. The second-order valence-corrected chi connectivity index (χ2v) is 3.89. The highest BCUT2D eigenvalue weighted by molar-refractivity contribution is 7.80. The number of aromatic hydroxyl groups is 1. The number of thiol groups is 1. The Labute approximate surface area is 79.0 Å². The molecule has 2 nitrogen and oxygen atoms in total. The van der Waals surface area contributed by atoms with Crippen molar-refractivity contribution in [2.45, 2.75) is 4.90 Å². The lowest BCUT2D eigenvalue weighted by atomic mass is 10.2. The van der Waals surface area contributed by atoms with Gasteiger partial charge in [-0.1, -0.05) is 0 Å². The summed E-state index contributed by atoms with van der Waals surface area (Å²) in [7, 11) is 0. The number of phenolic OH excluding ortho intramolecular Hbond substituents is 1. The van der Waals surface area contributed by atoms with E-state index in [1.165, 1.54) is 0 Å². The lowest BCUT2D eigenvalue weighted by Gasteiger charge is -2.02. The molecule has 0 atom stereocenters. The number of rotatable bonds is 0. The Morgan fingerprint density at radius 1 is 1.50 bits per heavy atom. The number of nitrogen functional groups attached to an aromatic ring is 1. The summed E-state index contributed by atoms with van der Waals surface area (Å²) in [5.41, 5.74) is 6.14. The highest BCUT2D eigenvalue weighted by atomic mass is 32.1. The minimum atomic E-state index is 0.176. The van der Waals surface area contributed by atoms with Gasteiger partial charge >= 0.3 is 0 Å². The highest BCUT2D eigenvalue weighted by Gasteiger charge is 2.07. The van der Waals surface area contributed by atoms with Crippen LogP contribution in [0.15, 0.2) is 22.4 Å². The number of benzene rings is 1. The second-order valence-electron chi connectivity index (χ2n) is 2.50. The molecule has 3 N–H and O–H groups in total. The maximum Gasteiger partial charge on any atom is 0.139 e. The van der Waals surface area contributed by atoms with Crippen LogP contribution in [0.5, 0.6) is 5.75 Å². The van der Waals surface area contributed by atoms with Crippen molar-refractivity contribution in [3.8, 4) is 5.75 Å². The Bertz CT molecular complexity index is 436. The van der Waals surface area contributed by atoms with Crippen molar-refractivity contribution in [2.75, 3.05) is 5.73 Å². The summed E-state index contributed by atoms with van der Waals surface area (Å²) in [4.78, 5) is 0.459. The largest absolute Gasteiger partial charge is 0.506 e. The number of nitrogens with two attached hydrogens (primary N) is 1. The molecule has 0 radical (unpaired) electrons. The van der Waals surface area contributed by atoms with Gasteiger partial charge in [-0.15, -0.1) is 24.0 Å². The number of fused-ring (bicyclic) bond motifs is 1. The van der Waals surface area contributed by atoms with E-state index in [4.69, 9.17) is 5.73 Å². The molecular formula is C8H7NOS2. The summed E-state index contributed by atoms with van der Waals surface area (Å²) in [6, 6.07) is 3.68. The van der Waals surface area contributed by atoms with Gasteiger partial charge in [-0.05, 0) is 17.5 Å². The zero-order valence-electron chi connectivity index (χ0n) is 6.11. The van der Waals surface area contributed by atoms with Gasteiger partial charge in [0, 0.05) is 10.1 Å². The van der Waals surface area contributed by atoms with Crippen LogP contribution in [0.3, 0.4) is 0 Å². The van der Waals surface area contributed by atoms with E-state index in [0.717, 1.165) is 10.1 Å². The second kappa shape index (κ2) is 2.57. The van der Waals surface area contributed by atoms with Gasteiger partial charge in [-0.3, -0.25) is 0 Å². The van der Waals surface area contributed by atoms with Gasteiger partial charge in [0.1, 0.15) is 5.75 Å². The summed E-state index contributed by atoms with van der Waals surface area (Å²) in [6.07, 6.45) is 0. The summed E-state index contributed by atoms with van der Waals surface area (Å²) in [5.74, 6) is 0.176. The van der Waals surface area contributed by atoms with E-state index in [1.807, 2.05) is 17.5 Å². The molecular weight excluding hydrogens is 190 g/mol. The molecule has 4 heteroatoms. The van der Waals surface area contributed by atoms with E-state index in [1.54, 1.807) is 11.3 Å². The van der Waals surface area contributed by atoms with E-state index in [2.05, 4.69) is 12.6 Å². The maximum absolute atomic E-state index is 9.58. The van der Waals surface area contributed by atoms with Gasteiger partial charge in [-0.25, -0.2) is 0 Å². The van der Waals surface area contributed by atoms with Crippen LogP contribution in [-0.2, 0) is 0 Å². The van der Waals surface area contributed by atoms with Gasteiger partial charge in [-0.2, -0.15) is 0 Å². The average molecular weight is 197 g/mol. The first-order valence-corrected chi connectivity index (χ1v) is 4.70. The minimum Gasteiger partial charge on any atom is -0.506 e. The standard InChI is InChI=1S/C8H7NOS2/c9-5-3-6-4(1-2-12-6)7(10)8(5)11/h1-3,10-11H,9H2. The van der Waals surface area contributed by atoms with E-state index >= 15 is 0 Å². The maximum atomic E-state index is 9.58. The molecule has 62 valence electrons. The van der Waals surface area contributed by atoms with Crippen molar-refractivity contribution in [1.82, 2.24) is 0 Å². The lowest BCUT2D eigenvalue weighted by molar-refractivity contribution is 0.470. The van der Waals surface area contributed by atoms with Crippen LogP contribution in [0.25, 0.3) is 10.1 Å². The van der Waals surface area contributed by atoms with E-state index in [-0.39, 0.29) is 5.75 Å². The normalized spacial score (nSPS) is 10.8. The van der Waals surface area contributed by atoms with Crippen molar-refractivity contribution in [3.63, 3.8) is 0 Å². The van der Waals surface area contributed by atoms with Crippen LogP contribution in [0.1, 0.15) is 0 Å². The van der Waals surface area contributed by atoms with Crippen LogP contribution in [0.2, 0.25) is 0 Å². The Balaban J connectivity index is 2.94. The summed E-state index contributed by atoms with van der Waals surface area (Å²) in [6.45, 7) is 0. The molecule has 2 rings (SSSR count). The van der Waals surface area contributed by atoms with Gasteiger partial charge in [0.05, 0.1) is 10.6 Å². The predicted octanol–water partition coefficient (Wildman–Crippen LogP) is 2.48. The smallest absolute Gasteiger partial charge is 0.139 e. The Hall–Kier alpha value is -0.870. The molecule has 2 aromatic rings. The quantitative estimate of drug-likeness (QED) is 0.449. The molecule has 0 spiro atoms. The van der Waals surface area contributed by atoms with Crippen LogP contribution in [-0.4, -0.2) is 5.11 Å². The summed E-state index contributed by atoms with van der Waals surface area (Å²) in [5, 5.41) is 12.3. The molecule has 0 saturated heterocycles. The van der Waals surface area contributed by atoms with Gasteiger partial charge in [0.2, 0.25) is 0 Å². The molecule has 0 fully saturated rings. The third-order valence-corrected chi connectivity index (χ3v) is 3.07. The monoisotopic (exact) mass is 197 g/mol. The third kappa shape index (κ3) is 0.956. The first-order valence-electron chi connectivity index (χ1n) is 3.38. The van der Waals surface area contributed by atoms with Crippen LogP contribution >= 0.6 is 24.0 Å². The van der Waals surface area contributed by atoms with Crippen molar-refractivity contribution >= 4 is 39.7 Å². The van der Waals surface area contributed by atoms with Gasteiger partial charge in [0.15, 0.2) is 0 Å². The third-order valence-electron chi connectivity index (χ3n) is 1.73. The van der Waals surface area contributed by atoms with E-state index < -0.39 is 0 Å². The van der Waals surface area contributed by atoms with Crippen LogP contribution in [0, 0.1) is 0 Å². The zero-order chi connectivity index (χ0) is 8.72. The van der Waals surface area contributed by atoms with Gasteiger partial charge < -0.3 is 10.8 Å². The molecule has 12 heavy (non-hydrogen) atoms. The summed E-state index contributed by atoms with van der Waals surface area (Å²) < 4.78 is 0.989. The van der Waals surface area contributed by atoms with Crippen LogP contribution < -0.4 is 5.73 Å². The molecule has 0 unspecified atom stereocenters. The fourth-order valence-electron chi connectivity index (χ4n) is 1.10. The van der Waals surface area contributed by atoms with Crippen molar-refractivity contribution in [3.05, 3.63) is 17.5 Å². The van der Waals surface area contributed by atoms with Crippen LogP contribution in [0.4, 0.5) is 5.69 Å². The minimum absolute atomic E-state index is 0.176. The Morgan fingerprint density at radius 2 is 2.25 bits per heavy atom. The lowest BCUT2D eigenvalue weighted by Crippen LogP contribution is -1.86. The average Bonchev–Trinajstić information content (AvgIpc) is 2.48. The first-order chi connectivity index (χ1) is 5.70. The highest BCUT2D eigenvalue weighted by Crippen LogP contribution is 2.37. The molecule has 0 bridgehead atoms. The number of hydrogen-bond donors (Lipinski definition) is 3. The number of anilines is 1. The Morgan fingerprint density at radius 3 is 3.00 bits per heavy atom. The number of phenols is 1. The molecule has 1 aromatic heterocycles. The molecule has 0 aliphatic heterocycles. The SMILES string of the molecule is Nc1cc2sccc2c(O)c1S. The van der Waals surface area contributed by atoms with Crippen molar-refractivity contribution < 1.29 is 5.11 Å². The van der Waals surface area contributed by atoms with Crippen molar-refractivity contribution in [1.29, 1.82) is 0 Å². The molecule has 1 aromatic carbocycles. The molecule has 1 heterocycles. The van der Waals surface area contributed by atoms with Crippen molar-refractivity contribution in [2.24, 2.45) is 0 Å².